The minimum Gasteiger partial charge on any atom is -0.494 e. The predicted octanol–water partition coefficient (Wildman–Crippen LogP) is 6.18. The first kappa shape index (κ1) is 27.3. The number of carboxylic acid groups (broad SMARTS) is 1. The average molecular weight is 516 g/mol. The zero-order valence-corrected chi connectivity index (χ0v) is 22.1. The van der Waals surface area contributed by atoms with Gasteiger partial charge in [-0.15, -0.1) is 0 Å². The highest BCUT2D eigenvalue weighted by Crippen LogP contribution is 2.28. The number of hydrogen-bond donors (Lipinski definition) is 1. The summed E-state index contributed by atoms with van der Waals surface area (Å²) in [4.78, 5) is 33.8. The van der Waals surface area contributed by atoms with E-state index < -0.39 is 5.97 Å². The van der Waals surface area contributed by atoms with Crippen molar-refractivity contribution >= 4 is 17.6 Å². The van der Waals surface area contributed by atoms with Crippen LogP contribution in [-0.2, 0) is 13.1 Å². The lowest BCUT2D eigenvalue weighted by molar-refractivity contribution is 0.0696. The molecule has 0 saturated heterocycles. The van der Waals surface area contributed by atoms with Crippen LogP contribution in [0.25, 0.3) is 0 Å². The van der Waals surface area contributed by atoms with E-state index in [9.17, 15) is 14.7 Å². The lowest BCUT2D eigenvalue weighted by Gasteiger charge is -2.30. The van der Waals surface area contributed by atoms with Gasteiger partial charge in [-0.25, -0.2) is 4.79 Å². The van der Waals surface area contributed by atoms with E-state index in [1.54, 1.807) is 47.6 Å². The summed E-state index contributed by atoms with van der Waals surface area (Å²) in [6, 6.07) is 16.8. The molecule has 0 aliphatic carbocycles. The van der Waals surface area contributed by atoms with Gasteiger partial charge in [0.2, 0.25) is 0 Å². The first-order valence-corrected chi connectivity index (χ1v) is 13.6. The molecule has 1 N–H and O–H groups in total. The zero-order valence-electron chi connectivity index (χ0n) is 22.1. The van der Waals surface area contributed by atoms with Crippen LogP contribution in [0, 0.1) is 0 Å². The topological polar surface area (TPSA) is 83.0 Å². The van der Waals surface area contributed by atoms with E-state index in [0.29, 0.717) is 25.3 Å². The van der Waals surface area contributed by atoms with Gasteiger partial charge in [0, 0.05) is 37.7 Å². The van der Waals surface area contributed by atoms with Crippen LogP contribution in [0.15, 0.2) is 67.0 Å². The summed E-state index contributed by atoms with van der Waals surface area (Å²) in [5.41, 5.74) is 3.51. The summed E-state index contributed by atoms with van der Waals surface area (Å²) in [7, 11) is 0. The third kappa shape index (κ3) is 7.42. The van der Waals surface area contributed by atoms with Crippen molar-refractivity contribution in [3.05, 3.63) is 89.2 Å². The number of aromatic carboxylic acids is 1. The molecule has 4 rings (SSSR count). The van der Waals surface area contributed by atoms with Crippen LogP contribution in [0.4, 0.5) is 5.69 Å². The molecule has 0 bridgehead atoms. The Labute approximate surface area is 225 Å². The second-order valence-corrected chi connectivity index (χ2v) is 9.82. The Morgan fingerprint density at radius 1 is 0.947 bits per heavy atom. The maximum absolute atomic E-state index is 13.6. The van der Waals surface area contributed by atoms with E-state index in [4.69, 9.17) is 4.74 Å². The number of carboxylic acids is 1. The van der Waals surface area contributed by atoms with Crippen molar-refractivity contribution in [2.24, 2.45) is 0 Å². The second kappa shape index (κ2) is 13.7. The standard InChI is InChI=1S/C31H37N3O4/c1-2-19-38-28-13-10-24(11-14-28)22-33-17-6-4-3-5-7-18-34(30(35)26-9-8-16-32-21-26)29-15-12-25(31(36)37)20-27(29)23-33/h8-16,20-21H,2-7,17-19,22-23H2,1H3,(H,36,37). The highest BCUT2D eigenvalue weighted by molar-refractivity contribution is 6.06. The largest absolute Gasteiger partial charge is 0.494 e. The van der Waals surface area contributed by atoms with Crippen LogP contribution in [0.5, 0.6) is 5.75 Å². The summed E-state index contributed by atoms with van der Waals surface area (Å²) >= 11 is 0. The molecular weight excluding hydrogens is 478 g/mol. The smallest absolute Gasteiger partial charge is 0.335 e. The van der Waals surface area contributed by atoms with Crippen molar-refractivity contribution in [3.63, 3.8) is 0 Å². The summed E-state index contributed by atoms with van der Waals surface area (Å²) in [5, 5.41) is 9.72. The lowest BCUT2D eigenvalue weighted by atomic mass is 10.0. The Hall–Kier alpha value is -3.71. The van der Waals surface area contributed by atoms with Crippen molar-refractivity contribution < 1.29 is 19.4 Å². The van der Waals surface area contributed by atoms with Gasteiger partial charge in [0.05, 0.1) is 17.7 Å². The van der Waals surface area contributed by atoms with Gasteiger partial charge in [0.1, 0.15) is 5.75 Å². The third-order valence-electron chi connectivity index (χ3n) is 6.82. The number of carbonyl (C=O) groups is 2. The number of hydrogen-bond acceptors (Lipinski definition) is 5. The number of aromatic nitrogens is 1. The van der Waals surface area contributed by atoms with Gasteiger partial charge in [-0.1, -0.05) is 38.3 Å². The van der Waals surface area contributed by atoms with Crippen LogP contribution in [0.3, 0.4) is 0 Å². The van der Waals surface area contributed by atoms with E-state index in [2.05, 4.69) is 28.9 Å². The molecule has 7 heteroatoms. The number of ether oxygens (including phenoxy) is 1. The van der Waals surface area contributed by atoms with Crippen molar-refractivity contribution in [1.29, 1.82) is 0 Å². The first-order valence-electron chi connectivity index (χ1n) is 13.6. The highest BCUT2D eigenvalue weighted by Gasteiger charge is 2.23. The number of anilines is 1. The molecule has 0 spiro atoms. The Balaban J connectivity index is 1.66. The van der Waals surface area contributed by atoms with Crippen LogP contribution in [-0.4, -0.2) is 46.6 Å². The van der Waals surface area contributed by atoms with Crippen molar-refractivity contribution in [2.75, 3.05) is 24.6 Å². The molecular formula is C31H37N3O4. The number of rotatable bonds is 7. The van der Waals surface area contributed by atoms with Gasteiger partial charge in [-0.3, -0.25) is 14.7 Å². The molecule has 0 atom stereocenters. The normalized spacial score (nSPS) is 15.1. The fraction of sp³-hybridized carbons (Fsp3) is 0.387. The molecule has 3 aromatic rings. The molecule has 0 unspecified atom stereocenters. The fourth-order valence-corrected chi connectivity index (χ4v) is 4.84. The lowest BCUT2D eigenvalue weighted by Crippen LogP contribution is -2.34. The minimum absolute atomic E-state index is 0.117. The SMILES string of the molecule is CCCOc1ccc(CN2CCCCCCCN(C(=O)c3cccnc3)c3ccc(C(=O)O)cc3C2)cc1. The van der Waals surface area contributed by atoms with E-state index in [-0.39, 0.29) is 11.5 Å². The minimum atomic E-state index is -0.974. The first-order chi connectivity index (χ1) is 18.5. The molecule has 1 amide bonds. The summed E-state index contributed by atoms with van der Waals surface area (Å²) < 4.78 is 5.73. The maximum Gasteiger partial charge on any atom is 0.335 e. The van der Waals surface area contributed by atoms with Gasteiger partial charge in [-0.05, 0) is 79.4 Å². The maximum atomic E-state index is 13.6. The van der Waals surface area contributed by atoms with Gasteiger partial charge in [0.25, 0.3) is 5.91 Å². The summed E-state index contributed by atoms with van der Waals surface area (Å²) in [6.45, 7) is 5.52. The van der Waals surface area contributed by atoms with Gasteiger partial charge < -0.3 is 14.7 Å². The number of amides is 1. The summed E-state index contributed by atoms with van der Waals surface area (Å²) in [6.07, 6.45) is 9.46. The van der Waals surface area contributed by atoms with Crippen molar-refractivity contribution in [1.82, 2.24) is 9.88 Å². The van der Waals surface area contributed by atoms with Crippen LogP contribution in [0.2, 0.25) is 0 Å². The number of carbonyl (C=O) groups excluding carboxylic acids is 1. The fourth-order valence-electron chi connectivity index (χ4n) is 4.84. The molecule has 7 nitrogen and oxygen atoms in total. The Bertz CT molecular complexity index is 1200. The predicted molar refractivity (Wildman–Crippen MR) is 149 cm³/mol. The molecule has 0 radical (unpaired) electrons. The van der Waals surface area contributed by atoms with Gasteiger partial charge >= 0.3 is 5.97 Å². The average Bonchev–Trinajstić information content (AvgIpc) is 2.93. The number of benzene rings is 2. The van der Waals surface area contributed by atoms with Gasteiger partial charge in [0.15, 0.2) is 0 Å². The molecule has 1 aromatic heterocycles. The molecule has 2 aromatic carbocycles. The highest BCUT2D eigenvalue weighted by atomic mass is 16.5. The van der Waals surface area contributed by atoms with Crippen LogP contribution >= 0.6 is 0 Å². The Morgan fingerprint density at radius 3 is 2.42 bits per heavy atom. The van der Waals surface area contributed by atoms with Crippen molar-refractivity contribution in [3.8, 4) is 5.75 Å². The van der Waals surface area contributed by atoms with E-state index in [0.717, 1.165) is 68.6 Å². The van der Waals surface area contributed by atoms with Crippen LogP contribution < -0.4 is 9.64 Å². The molecule has 1 aliphatic heterocycles. The van der Waals surface area contributed by atoms with E-state index >= 15 is 0 Å². The van der Waals surface area contributed by atoms with E-state index in [1.807, 2.05) is 12.1 Å². The van der Waals surface area contributed by atoms with Gasteiger partial charge in [-0.2, -0.15) is 0 Å². The number of pyridine rings is 1. The molecule has 200 valence electrons. The third-order valence-corrected chi connectivity index (χ3v) is 6.82. The monoisotopic (exact) mass is 515 g/mol. The number of nitrogens with zero attached hydrogens (tertiary/aromatic N) is 3. The Kier molecular flexibility index (Phi) is 9.87. The Morgan fingerprint density at radius 2 is 1.71 bits per heavy atom. The molecule has 0 fully saturated rings. The molecule has 2 heterocycles. The molecule has 1 aliphatic rings. The second-order valence-electron chi connectivity index (χ2n) is 9.82. The van der Waals surface area contributed by atoms with E-state index in [1.165, 1.54) is 5.56 Å². The molecule has 38 heavy (non-hydrogen) atoms. The summed E-state index contributed by atoms with van der Waals surface area (Å²) in [5.74, 6) is -0.225. The molecule has 0 saturated carbocycles. The quantitative estimate of drug-likeness (QED) is 0.404. The number of fused-ring (bicyclic) bond motifs is 1. The zero-order chi connectivity index (χ0) is 26.7. The van der Waals surface area contributed by atoms with Crippen molar-refractivity contribution in [2.45, 2.75) is 58.5 Å². The van der Waals surface area contributed by atoms with Crippen LogP contribution in [0.1, 0.15) is 77.3 Å².